The zero-order valence-corrected chi connectivity index (χ0v) is 17.0. The van der Waals surface area contributed by atoms with Gasteiger partial charge in [-0.25, -0.2) is 0 Å². The van der Waals surface area contributed by atoms with Gasteiger partial charge < -0.3 is 9.80 Å². The number of amides is 1. The Bertz CT molecular complexity index is 830. The van der Waals surface area contributed by atoms with Crippen molar-refractivity contribution in [1.29, 1.82) is 5.26 Å². The summed E-state index contributed by atoms with van der Waals surface area (Å²) in [4.78, 5) is 19.3. The summed E-state index contributed by atoms with van der Waals surface area (Å²) in [5.41, 5.74) is 1.21. The van der Waals surface area contributed by atoms with Crippen molar-refractivity contribution in [2.45, 2.75) is 38.1 Å². The van der Waals surface area contributed by atoms with E-state index in [0.717, 1.165) is 45.4 Å². The number of carbonyl (C=O) groups is 1. The summed E-state index contributed by atoms with van der Waals surface area (Å²) in [6.45, 7) is 4.09. The lowest BCUT2D eigenvalue weighted by Gasteiger charge is -2.39. The van der Waals surface area contributed by atoms with Gasteiger partial charge in [0.25, 0.3) is 5.91 Å². The van der Waals surface area contributed by atoms with Crippen LogP contribution in [0, 0.1) is 17.2 Å². The highest BCUT2D eigenvalue weighted by Gasteiger charge is 2.33. The van der Waals surface area contributed by atoms with Crippen LogP contribution in [0.2, 0.25) is 0 Å². The van der Waals surface area contributed by atoms with E-state index < -0.39 is 0 Å². The van der Waals surface area contributed by atoms with E-state index in [0.29, 0.717) is 23.1 Å². The molecule has 0 radical (unpaired) electrons. The van der Waals surface area contributed by atoms with Gasteiger partial charge in [0.15, 0.2) is 0 Å². The third-order valence-corrected chi connectivity index (χ3v) is 6.84. The number of hydrogen-bond donors (Lipinski definition) is 0. The fraction of sp³-hybridized carbons (Fsp3) is 0.478. The molecule has 4 nitrogen and oxygen atoms in total. The summed E-state index contributed by atoms with van der Waals surface area (Å²) in [5, 5.41) is 11.3. The fourth-order valence-corrected chi connectivity index (χ4v) is 4.74. The van der Waals surface area contributed by atoms with Gasteiger partial charge in [0.2, 0.25) is 0 Å². The average Bonchev–Trinajstić information content (AvgIpc) is 3.42. The number of piperidine rings is 1. The molecule has 2 fully saturated rings. The first-order valence-corrected chi connectivity index (χ1v) is 11.2. The first-order valence-electron chi connectivity index (χ1n) is 10.3. The van der Waals surface area contributed by atoms with Crippen molar-refractivity contribution in [3.05, 3.63) is 57.8 Å². The van der Waals surface area contributed by atoms with Crippen molar-refractivity contribution >= 4 is 17.2 Å². The van der Waals surface area contributed by atoms with E-state index in [-0.39, 0.29) is 5.91 Å². The van der Waals surface area contributed by atoms with Gasteiger partial charge >= 0.3 is 0 Å². The predicted molar refractivity (Wildman–Crippen MR) is 112 cm³/mol. The maximum Gasteiger partial charge on any atom is 0.254 e. The van der Waals surface area contributed by atoms with E-state index in [2.05, 4.69) is 33.4 Å². The molecule has 1 amide bonds. The molecule has 146 valence electrons. The van der Waals surface area contributed by atoms with Crippen LogP contribution in [0.4, 0.5) is 0 Å². The molecule has 1 saturated carbocycles. The summed E-state index contributed by atoms with van der Waals surface area (Å²) in [6, 6.07) is 13.9. The monoisotopic (exact) mass is 393 g/mol. The Hall–Kier alpha value is -2.16. The van der Waals surface area contributed by atoms with Gasteiger partial charge in [-0.15, -0.1) is 11.3 Å². The number of nitriles is 1. The second-order valence-electron chi connectivity index (χ2n) is 8.00. The van der Waals surface area contributed by atoms with Gasteiger partial charge in [-0.1, -0.05) is 12.1 Å². The molecule has 0 spiro atoms. The Morgan fingerprint density at radius 1 is 1.18 bits per heavy atom. The minimum atomic E-state index is 0.0982. The van der Waals surface area contributed by atoms with E-state index in [9.17, 15) is 4.79 Å². The van der Waals surface area contributed by atoms with Gasteiger partial charge in [0.05, 0.1) is 11.6 Å². The Balaban J connectivity index is 1.37. The molecule has 2 aliphatic rings. The van der Waals surface area contributed by atoms with E-state index in [1.54, 1.807) is 12.1 Å². The molecular weight excluding hydrogens is 366 g/mol. The maximum atomic E-state index is 13.2. The Kier molecular flexibility index (Phi) is 6.09. The first-order chi connectivity index (χ1) is 13.7. The van der Waals surface area contributed by atoms with Crippen molar-refractivity contribution in [3.63, 3.8) is 0 Å². The van der Waals surface area contributed by atoms with Gasteiger partial charge in [0, 0.05) is 42.7 Å². The van der Waals surface area contributed by atoms with Crippen LogP contribution in [-0.2, 0) is 6.42 Å². The van der Waals surface area contributed by atoms with Crippen molar-refractivity contribution in [2.24, 2.45) is 5.92 Å². The van der Waals surface area contributed by atoms with Gasteiger partial charge in [-0.05, 0) is 67.7 Å². The summed E-state index contributed by atoms with van der Waals surface area (Å²) < 4.78 is 0. The molecule has 2 aromatic rings. The number of likely N-dealkylation sites (tertiary alicyclic amines) is 1. The van der Waals surface area contributed by atoms with E-state index >= 15 is 0 Å². The molecule has 1 aliphatic carbocycles. The fourth-order valence-electron chi connectivity index (χ4n) is 4.04. The molecule has 1 aromatic carbocycles. The Morgan fingerprint density at radius 3 is 2.68 bits per heavy atom. The Labute approximate surface area is 171 Å². The normalized spacial score (nSPS) is 18.0. The van der Waals surface area contributed by atoms with Gasteiger partial charge in [-0.3, -0.25) is 4.79 Å². The van der Waals surface area contributed by atoms with Crippen LogP contribution in [-0.4, -0.2) is 47.9 Å². The van der Waals surface area contributed by atoms with Crippen LogP contribution < -0.4 is 0 Å². The van der Waals surface area contributed by atoms with Crippen LogP contribution >= 0.6 is 11.3 Å². The molecule has 0 bridgehead atoms. The molecule has 1 aliphatic heterocycles. The largest absolute Gasteiger partial charge is 0.335 e. The molecule has 1 aromatic heterocycles. The smallest absolute Gasteiger partial charge is 0.254 e. The van der Waals surface area contributed by atoms with Crippen LogP contribution in [0.15, 0.2) is 41.8 Å². The maximum absolute atomic E-state index is 13.2. The molecule has 1 saturated heterocycles. The minimum absolute atomic E-state index is 0.0982. The summed E-state index contributed by atoms with van der Waals surface area (Å²) >= 11 is 1.83. The van der Waals surface area contributed by atoms with Crippen molar-refractivity contribution in [3.8, 4) is 6.07 Å². The number of thiophene rings is 1. The van der Waals surface area contributed by atoms with Gasteiger partial charge in [0.1, 0.15) is 0 Å². The van der Waals surface area contributed by atoms with E-state index in [4.69, 9.17) is 5.26 Å². The van der Waals surface area contributed by atoms with Crippen molar-refractivity contribution in [1.82, 2.24) is 9.80 Å². The highest BCUT2D eigenvalue weighted by Crippen LogP contribution is 2.32. The molecule has 0 N–H and O–H groups in total. The standard InChI is InChI=1S/C23H27N3OS/c24-16-19-3-1-4-20(15-19)23(27)26(17-18-6-7-18)21-8-11-25(12-9-21)13-10-22-5-2-14-28-22/h1-5,14-15,18,21H,6-13,17H2. The number of benzene rings is 1. The van der Waals surface area contributed by atoms with Crippen LogP contribution in [0.3, 0.4) is 0 Å². The zero-order valence-electron chi connectivity index (χ0n) is 16.2. The predicted octanol–water partition coefficient (Wildman–Crippen LogP) is 4.18. The Morgan fingerprint density at radius 2 is 2.00 bits per heavy atom. The second-order valence-corrected chi connectivity index (χ2v) is 9.03. The van der Waals surface area contributed by atoms with Crippen molar-refractivity contribution < 1.29 is 4.79 Å². The molecule has 4 rings (SSSR count). The number of nitrogens with zero attached hydrogens (tertiary/aromatic N) is 3. The SMILES string of the molecule is N#Cc1cccc(C(=O)N(CC2CC2)C2CCN(CCc3cccs3)CC2)c1. The number of carbonyl (C=O) groups excluding carboxylic acids is 1. The van der Waals surface area contributed by atoms with Crippen molar-refractivity contribution in [2.75, 3.05) is 26.2 Å². The van der Waals surface area contributed by atoms with E-state index in [1.807, 2.05) is 23.5 Å². The molecule has 28 heavy (non-hydrogen) atoms. The molecule has 5 heteroatoms. The van der Waals surface area contributed by atoms with E-state index in [1.165, 1.54) is 17.7 Å². The quantitative estimate of drug-likeness (QED) is 0.709. The molecule has 0 unspecified atom stereocenters. The third-order valence-electron chi connectivity index (χ3n) is 5.90. The second kappa shape index (κ2) is 8.89. The molecular formula is C23H27N3OS. The zero-order chi connectivity index (χ0) is 19.3. The average molecular weight is 394 g/mol. The number of hydrogen-bond acceptors (Lipinski definition) is 4. The third kappa shape index (κ3) is 4.81. The first kappa shape index (κ1) is 19.2. The summed E-state index contributed by atoms with van der Waals surface area (Å²) in [6.07, 6.45) is 5.68. The molecule has 2 heterocycles. The van der Waals surface area contributed by atoms with Crippen LogP contribution in [0.1, 0.15) is 46.5 Å². The molecule has 0 atom stereocenters. The van der Waals surface area contributed by atoms with Crippen LogP contribution in [0.5, 0.6) is 0 Å². The lowest BCUT2D eigenvalue weighted by atomic mass is 10.0. The highest BCUT2D eigenvalue weighted by molar-refractivity contribution is 7.09. The lowest BCUT2D eigenvalue weighted by Crippen LogP contribution is -2.48. The van der Waals surface area contributed by atoms with Crippen LogP contribution in [0.25, 0.3) is 0 Å². The minimum Gasteiger partial charge on any atom is -0.335 e. The lowest BCUT2D eigenvalue weighted by molar-refractivity contribution is 0.0560. The summed E-state index contributed by atoms with van der Waals surface area (Å²) in [5.74, 6) is 0.765. The van der Waals surface area contributed by atoms with Gasteiger partial charge in [-0.2, -0.15) is 5.26 Å². The highest BCUT2D eigenvalue weighted by atomic mass is 32.1. The number of rotatable bonds is 7. The topological polar surface area (TPSA) is 47.3 Å². The summed E-state index contributed by atoms with van der Waals surface area (Å²) in [7, 11) is 0.